The van der Waals surface area contributed by atoms with Gasteiger partial charge in [-0.2, -0.15) is 5.06 Å². The number of fused-ring (bicyclic) bond motifs is 1. The largest absolute Gasteiger partial charge is 0.440 e. The first kappa shape index (κ1) is 17.6. The van der Waals surface area contributed by atoms with Crippen LogP contribution < -0.4 is 9.96 Å². The van der Waals surface area contributed by atoms with E-state index in [2.05, 4.69) is 18.2 Å². The van der Waals surface area contributed by atoms with E-state index in [-0.39, 0.29) is 0 Å². The summed E-state index contributed by atoms with van der Waals surface area (Å²) in [6, 6.07) is 31.1. The highest BCUT2D eigenvalue weighted by Gasteiger charge is 2.43. The number of para-hydroxylation sites is 1. The van der Waals surface area contributed by atoms with E-state index in [9.17, 15) is 4.79 Å². The maximum atomic E-state index is 13.0. The number of anilines is 2. The number of nitrogens with zero attached hydrogens (tertiary/aromatic N) is 2. The number of rotatable bonds is 3. The molecule has 0 radical (unpaired) electrons. The van der Waals surface area contributed by atoms with Crippen LogP contribution in [0.25, 0.3) is 10.8 Å². The lowest BCUT2D eigenvalue weighted by Gasteiger charge is -2.28. The first-order chi connectivity index (χ1) is 14.2. The number of halogens is 1. The van der Waals surface area contributed by atoms with Gasteiger partial charge in [-0.05, 0) is 41.1 Å². The van der Waals surface area contributed by atoms with E-state index in [1.807, 2.05) is 66.7 Å². The van der Waals surface area contributed by atoms with E-state index in [0.29, 0.717) is 10.7 Å². The van der Waals surface area contributed by atoms with Crippen molar-refractivity contribution in [1.29, 1.82) is 0 Å². The van der Waals surface area contributed by atoms with Gasteiger partial charge in [0.1, 0.15) is 0 Å². The highest BCUT2D eigenvalue weighted by Crippen LogP contribution is 2.42. The Morgan fingerprint density at radius 1 is 0.759 bits per heavy atom. The quantitative estimate of drug-likeness (QED) is 0.390. The van der Waals surface area contributed by atoms with Gasteiger partial charge in [0, 0.05) is 10.6 Å². The molecule has 4 aromatic carbocycles. The van der Waals surface area contributed by atoms with Crippen LogP contribution in [0.2, 0.25) is 5.02 Å². The summed E-state index contributed by atoms with van der Waals surface area (Å²) in [5.41, 5.74) is 2.44. The third-order valence-corrected chi connectivity index (χ3v) is 5.27. The van der Waals surface area contributed by atoms with Crippen molar-refractivity contribution in [2.24, 2.45) is 0 Å². The Hall–Kier alpha value is -3.50. The molecule has 0 N–H and O–H groups in total. The maximum Gasteiger partial charge on any atom is 0.440 e. The third-order valence-electron chi connectivity index (χ3n) is 5.04. The van der Waals surface area contributed by atoms with Crippen molar-refractivity contribution in [3.05, 3.63) is 108 Å². The summed E-state index contributed by atoms with van der Waals surface area (Å²) in [7, 11) is 0. The van der Waals surface area contributed by atoms with Gasteiger partial charge in [-0.25, -0.2) is 9.69 Å². The van der Waals surface area contributed by atoms with Crippen LogP contribution >= 0.6 is 11.6 Å². The number of benzene rings is 4. The summed E-state index contributed by atoms with van der Waals surface area (Å²) in [6.45, 7) is 0. The molecule has 4 aromatic rings. The fourth-order valence-corrected chi connectivity index (χ4v) is 3.95. The second-order valence-electron chi connectivity index (χ2n) is 6.81. The molecule has 0 aromatic heterocycles. The van der Waals surface area contributed by atoms with Crippen LogP contribution in [-0.4, -0.2) is 6.09 Å². The summed E-state index contributed by atoms with van der Waals surface area (Å²) in [5, 5.41) is 4.38. The molecule has 29 heavy (non-hydrogen) atoms. The number of hydroxylamine groups is 1. The van der Waals surface area contributed by atoms with Crippen LogP contribution in [0.5, 0.6) is 0 Å². The average Bonchev–Trinajstić information content (AvgIpc) is 3.11. The molecule has 1 atom stereocenters. The molecule has 1 aliphatic rings. The zero-order valence-corrected chi connectivity index (χ0v) is 16.2. The predicted octanol–water partition coefficient (Wildman–Crippen LogP) is 6.57. The lowest BCUT2D eigenvalue weighted by molar-refractivity contribution is 0.164. The first-order valence-corrected chi connectivity index (χ1v) is 9.69. The van der Waals surface area contributed by atoms with Crippen LogP contribution in [0.1, 0.15) is 11.7 Å². The van der Waals surface area contributed by atoms with E-state index in [1.165, 1.54) is 0 Å². The minimum Gasteiger partial charge on any atom is -0.319 e. The Labute approximate surface area is 173 Å². The van der Waals surface area contributed by atoms with Crippen molar-refractivity contribution in [2.75, 3.05) is 9.96 Å². The summed E-state index contributed by atoms with van der Waals surface area (Å²) in [6.07, 6.45) is -0.927. The average molecular weight is 401 g/mol. The molecule has 4 nitrogen and oxygen atoms in total. The molecule has 0 spiro atoms. The minimum absolute atomic E-state index is 0.450. The molecule has 1 heterocycles. The third kappa shape index (κ3) is 3.08. The Balaban J connectivity index is 1.73. The minimum atomic E-state index is -0.477. The van der Waals surface area contributed by atoms with Gasteiger partial charge in [0.15, 0.2) is 6.17 Å². The van der Waals surface area contributed by atoms with E-state index >= 15 is 0 Å². The Kier molecular flexibility index (Phi) is 4.34. The van der Waals surface area contributed by atoms with Crippen molar-refractivity contribution >= 4 is 39.8 Å². The monoisotopic (exact) mass is 400 g/mol. The van der Waals surface area contributed by atoms with Crippen LogP contribution in [-0.2, 0) is 4.84 Å². The van der Waals surface area contributed by atoms with Crippen LogP contribution in [0.15, 0.2) is 97.1 Å². The van der Waals surface area contributed by atoms with Crippen molar-refractivity contribution in [3.8, 4) is 0 Å². The molecule has 1 fully saturated rings. The smallest absolute Gasteiger partial charge is 0.319 e. The standard InChI is InChI=1S/C24H17ClN2O2/c25-18-10-7-13-20(16-18)26-23(22-15-6-9-17-8-4-5-14-21(17)22)27(29-24(26)28)19-11-2-1-3-12-19/h1-16,23H. The molecule has 1 unspecified atom stereocenters. The molecule has 1 aliphatic heterocycles. The van der Waals surface area contributed by atoms with E-state index < -0.39 is 12.3 Å². The van der Waals surface area contributed by atoms with Crippen LogP contribution in [0.4, 0.5) is 16.2 Å². The molecular formula is C24H17ClN2O2. The molecule has 0 bridgehead atoms. The Morgan fingerprint density at radius 3 is 2.28 bits per heavy atom. The summed E-state index contributed by atoms with van der Waals surface area (Å²) >= 11 is 6.22. The lowest BCUT2D eigenvalue weighted by Crippen LogP contribution is -2.32. The molecule has 0 saturated carbocycles. The molecule has 5 rings (SSSR count). The molecule has 1 amide bonds. The van der Waals surface area contributed by atoms with Gasteiger partial charge in [-0.15, -0.1) is 0 Å². The fourth-order valence-electron chi connectivity index (χ4n) is 3.77. The maximum absolute atomic E-state index is 13.0. The number of carbonyl (C=O) groups is 1. The topological polar surface area (TPSA) is 32.8 Å². The Morgan fingerprint density at radius 2 is 1.45 bits per heavy atom. The molecular weight excluding hydrogens is 384 g/mol. The highest BCUT2D eigenvalue weighted by molar-refractivity contribution is 6.30. The van der Waals surface area contributed by atoms with Gasteiger partial charge in [0.05, 0.1) is 11.4 Å². The van der Waals surface area contributed by atoms with Gasteiger partial charge >= 0.3 is 6.09 Å². The van der Waals surface area contributed by atoms with Crippen molar-refractivity contribution in [3.63, 3.8) is 0 Å². The normalized spacial score (nSPS) is 16.3. The molecule has 0 aliphatic carbocycles. The van der Waals surface area contributed by atoms with Gasteiger partial charge in [-0.1, -0.05) is 78.3 Å². The van der Waals surface area contributed by atoms with E-state index in [4.69, 9.17) is 16.4 Å². The van der Waals surface area contributed by atoms with Crippen LogP contribution in [0.3, 0.4) is 0 Å². The number of amides is 1. The van der Waals surface area contributed by atoms with E-state index in [0.717, 1.165) is 22.0 Å². The molecule has 142 valence electrons. The predicted molar refractivity (Wildman–Crippen MR) is 116 cm³/mol. The number of hydrogen-bond acceptors (Lipinski definition) is 3. The van der Waals surface area contributed by atoms with Crippen molar-refractivity contribution in [2.45, 2.75) is 6.17 Å². The van der Waals surface area contributed by atoms with Crippen LogP contribution in [0, 0.1) is 0 Å². The SMILES string of the molecule is O=C1ON(c2ccccc2)C(c2cccc3ccccc23)N1c1cccc(Cl)c1. The summed E-state index contributed by atoms with van der Waals surface area (Å²) < 4.78 is 0. The lowest BCUT2D eigenvalue weighted by atomic mass is 10.0. The first-order valence-electron chi connectivity index (χ1n) is 9.31. The van der Waals surface area contributed by atoms with Gasteiger partial charge in [0.2, 0.25) is 0 Å². The van der Waals surface area contributed by atoms with Gasteiger partial charge < -0.3 is 4.84 Å². The summed E-state index contributed by atoms with van der Waals surface area (Å²) in [5.74, 6) is 0. The zero-order valence-electron chi connectivity index (χ0n) is 15.4. The second kappa shape index (κ2) is 7.15. The number of carbonyl (C=O) groups excluding carboxylic acids is 1. The fraction of sp³-hybridized carbons (Fsp3) is 0.0417. The zero-order chi connectivity index (χ0) is 19.8. The van der Waals surface area contributed by atoms with Gasteiger partial charge in [-0.3, -0.25) is 0 Å². The highest BCUT2D eigenvalue weighted by atomic mass is 35.5. The van der Waals surface area contributed by atoms with E-state index in [1.54, 1.807) is 22.1 Å². The van der Waals surface area contributed by atoms with Crippen molar-refractivity contribution in [1.82, 2.24) is 0 Å². The van der Waals surface area contributed by atoms with Crippen molar-refractivity contribution < 1.29 is 9.63 Å². The van der Waals surface area contributed by atoms with Gasteiger partial charge in [0.25, 0.3) is 0 Å². The number of hydrogen-bond donors (Lipinski definition) is 0. The summed E-state index contributed by atoms with van der Waals surface area (Å²) in [4.78, 5) is 20.4. The molecule has 5 heteroatoms. The Bertz CT molecular complexity index is 1190. The second-order valence-corrected chi connectivity index (χ2v) is 7.25. The molecule has 1 saturated heterocycles.